The average molecular weight is 449 g/mol. The molecule has 0 fully saturated rings. The number of hydrogen-bond acceptors (Lipinski definition) is 5. The molecule has 0 saturated heterocycles. The zero-order valence-electron chi connectivity index (χ0n) is 18.1. The monoisotopic (exact) mass is 448 g/mol. The lowest BCUT2D eigenvalue weighted by Gasteiger charge is -2.11. The number of aryl methyl sites for hydroxylation is 2. The van der Waals surface area contributed by atoms with Gasteiger partial charge in [-0.15, -0.1) is 0 Å². The second kappa shape index (κ2) is 7.49. The van der Waals surface area contributed by atoms with Crippen LogP contribution in [-0.4, -0.2) is 35.0 Å². The summed E-state index contributed by atoms with van der Waals surface area (Å²) in [5.41, 5.74) is 4.35. The Morgan fingerprint density at radius 3 is 2.59 bits per heavy atom. The first kappa shape index (κ1) is 20.3. The number of ether oxygens (including phenoxy) is 1. The molecule has 0 amide bonds. The number of hydrogen-bond donors (Lipinski definition) is 0. The summed E-state index contributed by atoms with van der Waals surface area (Å²) in [6, 6.07) is 7.89. The first-order valence-electron chi connectivity index (χ1n) is 10.2. The van der Waals surface area contributed by atoms with Gasteiger partial charge in [0, 0.05) is 31.2 Å². The minimum absolute atomic E-state index is 0.0514. The minimum Gasteiger partial charge on any atom is -0.489 e. The van der Waals surface area contributed by atoms with Gasteiger partial charge in [0.2, 0.25) is 0 Å². The maximum Gasteiger partial charge on any atom is 0.333 e. The summed E-state index contributed by atoms with van der Waals surface area (Å²) in [5, 5.41) is 5.28. The van der Waals surface area contributed by atoms with E-state index >= 15 is 0 Å². The summed E-state index contributed by atoms with van der Waals surface area (Å²) < 4.78 is 10.5. The number of nitrogens with zero attached hydrogens (tertiary/aromatic N) is 6. The molecular weight excluding hydrogens is 428 g/mol. The molecule has 5 aromatic rings. The van der Waals surface area contributed by atoms with Gasteiger partial charge in [-0.2, -0.15) is 5.10 Å². The predicted molar refractivity (Wildman–Crippen MR) is 125 cm³/mol. The third-order valence-electron chi connectivity index (χ3n) is 5.31. The van der Waals surface area contributed by atoms with Crippen molar-refractivity contribution < 1.29 is 4.74 Å². The molecule has 0 N–H and O–H groups in total. The molecule has 0 radical (unpaired) electrons. The second-order valence-electron chi connectivity index (χ2n) is 7.96. The fourth-order valence-corrected chi connectivity index (χ4v) is 4.16. The fourth-order valence-electron chi connectivity index (χ4n) is 3.91. The molecule has 5 rings (SSSR count). The molecule has 162 valence electrons. The van der Waals surface area contributed by atoms with Gasteiger partial charge in [-0.1, -0.05) is 17.7 Å². The van der Waals surface area contributed by atoms with Crippen LogP contribution in [0.15, 0.2) is 53.8 Å². The summed E-state index contributed by atoms with van der Waals surface area (Å²) in [4.78, 5) is 22.1. The largest absolute Gasteiger partial charge is 0.489 e. The Labute approximate surface area is 188 Å². The summed E-state index contributed by atoms with van der Waals surface area (Å²) >= 11 is 6.36. The lowest BCUT2D eigenvalue weighted by Crippen LogP contribution is -2.20. The molecule has 1 aromatic carbocycles. The van der Waals surface area contributed by atoms with E-state index in [1.807, 2.05) is 38.1 Å². The Morgan fingerprint density at radius 2 is 1.88 bits per heavy atom. The zero-order chi connectivity index (χ0) is 22.6. The average Bonchev–Trinajstić information content (AvgIpc) is 3.22. The number of aromatic nitrogens is 6. The molecule has 0 atom stereocenters. The summed E-state index contributed by atoms with van der Waals surface area (Å²) in [5.74, 6) is 0.702. The summed E-state index contributed by atoms with van der Waals surface area (Å²) in [6.45, 7) is 3.95. The van der Waals surface area contributed by atoms with Crippen molar-refractivity contribution >= 4 is 33.5 Å². The maximum atomic E-state index is 13.2. The topological polar surface area (TPSA) is 79.8 Å². The highest BCUT2D eigenvalue weighted by Crippen LogP contribution is 2.31. The third kappa shape index (κ3) is 3.23. The van der Waals surface area contributed by atoms with Gasteiger partial charge in [0.05, 0.1) is 41.2 Å². The van der Waals surface area contributed by atoms with Crippen molar-refractivity contribution in [1.29, 1.82) is 0 Å². The molecule has 9 heteroatoms. The molecule has 0 aliphatic heterocycles. The van der Waals surface area contributed by atoms with Crippen LogP contribution in [0.3, 0.4) is 0 Å². The van der Waals surface area contributed by atoms with E-state index in [0.29, 0.717) is 17.0 Å². The molecule has 0 spiro atoms. The SMILES string of the molecule is CC(C)Oc1cncc(-c2ccc3ncc4c(c3c2)n(-c2cn(C)nc2Cl)c(=O)n4C)c1. The van der Waals surface area contributed by atoms with Crippen LogP contribution in [0.4, 0.5) is 0 Å². The molecule has 8 nitrogen and oxygen atoms in total. The molecule has 4 aromatic heterocycles. The first-order chi connectivity index (χ1) is 15.3. The number of benzene rings is 1. The smallest absolute Gasteiger partial charge is 0.333 e. The number of fused-ring (bicyclic) bond motifs is 3. The van der Waals surface area contributed by atoms with Crippen LogP contribution in [0.2, 0.25) is 5.15 Å². The van der Waals surface area contributed by atoms with Crippen molar-refractivity contribution in [3.05, 3.63) is 64.7 Å². The van der Waals surface area contributed by atoms with E-state index in [2.05, 4.69) is 15.1 Å². The van der Waals surface area contributed by atoms with Crippen LogP contribution in [0.5, 0.6) is 5.75 Å². The molecule has 0 aliphatic carbocycles. The Balaban J connectivity index is 1.79. The normalized spacial score (nSPS) is 11.7. The zero-order valence-corrected chi connectivity index (χ0v) is 18.8. The van der Waals surface area contributed by atoms with Crippen molar-refractivity contribution in [2.45, 2.75) is 20.0 Å². The highest BCUT2D eigenvalue weighted by atomic mass is 35.5. The van der Waals surface area contributed by atoms with Crippen molar-refractivity contribution in [3.8, 4) is 22.6 Å². The van der Waals surface area contributed by atoms with Crippen LogP contribution >= 0.6 is 11.6 Å². The van der Waals surface area contributed by atoms with Crippen LogP contribution in [0.25, 0.3) is 38.8 Å². The lowest BCUT2D eigenvalue weighted by molar-refractivity contribution is 0.241. The van der Waals surface area contributed by atoms with Crippen molar-refractivity contribution in [1.82, 2.24) is 28.9 Å². The predicted octanol–water partition coefficient (Wildman–Crippen LogP) is 4.11. The molecule has 0 bridgehead atoms. The van der Waals surface area contributed by atoms with E-state index < -0.39 is 0 Å². The Bertz CT molecular complexity index is 1550. The van der Waals surface area contributed by atoms with Gasteiger partial charge in [0.1, 0.15) is 11.4 Å². The van der Waals surface area contributed by atoms with E-state index in [1.165, 1.54) is 0 Å². The van der Waals surface area contributed by atoms with Gasteiger partial charge in [-0.05, 0) is 37.6 Å². The van der Waals surface area contributed by atoms with E-state index in [0.717, 1.165) is 27.5 Å². The van der Waals surface area contributed by atoms with E-state index in [4.69, 9.17) is 16.3 Å². The molecule has 0 saturated carbocycles. The number of halogens is 1. The highest BCUT2D eigenvalue weighted by Gasteiger charge is 2.20. The van der Waals surface area contributed by atoms with Crippen LogP contribution in [0, 0.1) is 0 Å². The second-order valence-corrected chi connectivity index (χ2v) is 8.31. The van der Waals surface area contributed by atoms with Crippen molar-refractivity contribution in [2.24, 2.45) is 14.1 Å². The number of rotatable bonds is 4. The molecule has 0 unspecified atom stereocenters. The minimum atomic E-state index is -0.219. The molecular formula is C23H21ClN6O2. The van der Waals surface area contributed by atoms with Crippen molar-refractivity contribution in [3.63, 3.8) is 0 Å². The molecule has 0 aliphatic rings. The highest BCUT2D eigenvalue weighted by molar-refractivity contribution is 6.31. The standard InChI is InChI=1S/C23H21ClN6O2/c1-13(2)32-16-7-15(9-25-10-16)14-5-6-18-17(8-14)21-19(11-26-18)29(4)23(31)30(21)20-12-28(3)27-22(20)24/h5-13H,1-4H3. The van der Waals surface area contributed by atoms with Gasteiger partial charge in [-0.25, -0.2) is 4.79 Å². The third-order valence-corrected chi connectivity index (χ3v) is 5.58. The fraction of sp³-hybridized carbons (Fsp3) is 0.217. The van der Waals surface area contributed by atoms with Crippen LogP contribution in [0.1, 0.15) is 13.8 Å². The Morgan fingerprint density at radius 1 is 1.06 bits per heavy atom. The van der Waals surface area contributed by atoms with Gasteiger partial charge in [0.15, 0.2) is 5.15 Å². The summed E-state index contributed by atoms with van der Waals surface area (Å²) in [6.07, 6.45) is 6.98. The number of pyridine rings is 2. The van der Waals surface area contributed by atoms with E-state index in [1.54, 1.807) is 52.7 Å². The summed E-state index contributed by atoms with van der Waals surface area (Å²) in [7, 11) is 3.49. The Kier molecular flexibility index (Phi) is 4.74. The number of imidazole rings is 1. The maximum absolute atomic E-state index is 13.2. The van der Waals surface area contributed by atoms with Gasteiger partial charge in [-0.3, -0.25) is 23.8 Å². The quantitative estimate of drug-likeness (QED) is 0.413. The van der Waals surface area contributed by atoms with Crippen molar-refractivity contribution in [2.75, 3.05) is 0 Å². The van der Waals surface area contributed by atoms with Crippen LogP contribution in [-0.2, 0) is 14.1 Å². The molecule has 32 heavy (non-hydrogen) atoms. The van der Waals surface area contributed by atoms with E-state index in [-0.39, 0.29) is 16.9 Å². The van der Waals surface area contributed by atoms with Gasteiger partial charge >= 0.3 is 5.69 Å². The lowest BCUT2D eigenvalue weighted by atomic mass is 10.0. The molecule has 4 heterocycles. The van der Waals surface area contributed by atoms with Gasteiger partial charge in [0.25, 0.3) is 0 Å². The van der Waals surface area contributed by atoms with Gasteiger partial charge < -0.3 is 4.74 Å². The Hall–Kier alpha value is -3.65. The van der Waals surface area contributed by atoms with E-state index in [9.17, 15) is 4.79 Å². The first-order valence-corrected chi connectivity index (χ1v) is 10.5. The van der Waals surface area contributed by atoms with Crippen LogP contribution < -0.4 is 10.4 Å².